The lowest BCUT2D eigenvalue weighted by Gasteiger charge is -2.32. The van der Waals surface area contributed by atoms with Crippen LogP contribution in [-0.4, -0.2) is 19.1 Å². The first kappa shape index (κ1) is 18.9. The molecule has 0 aromatic rings. The van der Waals surface area contributed by atoms with Crippen molar-refractivity contribution in [3.05, 3.63) is 0 Å². The number of hydrogen-bond acceptors (Lipinski definition) is 0. The van der Waals surface area contributed by atoms with E-state index in [1.54, 1.807) is 0 Å². The zero-order valence-electron chi connectivity index (χ0n) is 13.4. The van der Waals surface area contributed by atoms with Crippen molar-refractivity contribution in [1.29, 1.82) is 0 Å². The van der Waals surface area contributed by atoms with Crippen LogP contribution in [0, 0.1) is 0 Å². The van der Waals surface area contributed by atoms with Crippen molar-refractivity contribution in [3.8, 4) is 0 Å². The Morgan fingerprint density at radius 3 is 2.21 bits per heavy atom. The third-order valence-corrected chi connectivity index (χ3v) is 4.62. The fraction of sp³-hybridized carbons (Fsp3) is 1.00. The second-order valence-electron chi connectivity index (χ2n) is 6.26. The van der Waals surface area contributed by atoms with Crippen molar-refractivity contribution in [2.45, 2.75) is 96.9 Å². The van der Waals surface area contributed by atoms with Gasteiger partial charge in [-0.1, -0.05) is 52.4 Å². The number of rotatable bonds is 10. The molecule has 0 aromatic heterocycles. The number of likely N-dealkylation sites (tertiary alicyclic amines) is 1. The maximum absolute atomic E-state index is 2.35. The number of quaternary nitrogens is 1. The van der Waals surface area contributed by atoms with Gasteiger partial charge in [0, 0.05) is 0 Å². The summed E-state index contributed by atoms with van der Waals surface area (Å²) in [4.78, 5) is 1.94. The second-order valence-corrected chi connectivity index (χ2v) is 6.26. The highest BCUT2D eigenvalue weighted by molar-refractivity contribution is 4.61. The molecule has 0 aliphatic carbocycles. The zero-order chi connectivity index (χ0) is 13.1. The van der Waals surface area contributed by atoms with Crippen LogP contribution in [-0.2, 0) is 0 Å². The number of hydrogen-bond donors (Lipinski definition) is 1. The van der Waals surface area contributed by atoms with Crippen LogP contribution in [0.1, 0.15) is 90.9 Å². The largest absolute Gasteiger partial charge is 1.00 e. The normalized spacial score (nSPS) is 23.1. The Balaban J connectivity index is 0.00000324. The Kier molecular flexibility index (Phi) is 12.8. The Hall–Kier alpha value is -0.110. The van der Waals surface area contributed by atoms with Gasteiger partial charge in [0.1, 0.15) is 0 Å². The molecule has 0 radical (unpaired) electrons. The molecule has 1 rings (SSSR count). The highest BCUT2D eigenvalue weighted by Crippen LogP contribution is 2.09. The third kappa shape index (κ3) is 8.62. The quantitative estimate of drug-likeness (QED) is 0.566. The van der Waals surface area contributed by atoms with Crippen LogP contribution in [0.3, 0.4) is 0 Å². The molecule has 19 heavy (non-hydrogen) atoms. The van der Waals surface area contributed by atoms with Crippen LogP contribution in [0.4, 0.5) is 0 Å². The fourth-order valence-corrected chi connectivity index (χ4v) is 3.49. The van der Waals surface area contributed by atoms with E-state index in [1.165, 1.54) is 90.1 Å². The summed E-state index contributed by atoms with van der Waals surface area (Å²) < 4.78 is 0. The molecule has 1 heterocycles. The molecule has 2 unspecified atom stereocenters. The average Bonchev–Trinajstić information content (AvgIpc) is 2.40. The molecule has 0 amide bonds. The Morgan fingerprint density at radius 1 is 0.842 bits per heavy atom. The van der Waals surface area contributed by atoms with Gasteiger partial charge in [0.05, 0.1) is 19.1 Å². The van der Waals surface area contributed by atoms with Crippen LogP contribution in [0.2, 0.25) is 0 Å². The summed E-state index contributed by atoms with van der Waals surface area (Å²) in [7, 11) is 0. The van der Waals surface area contributed by atoms with Crippen LogP contribution < -0.4 is 9.60 Å². The van der Waals surface area contributed by atoms with Gasteiger partial charge < -0.3 is 9.60 Å². The van der Waals surface area contributed by atoms with Gasteiger partial charge in [-0.15, -0.1) is 0 Å². The predicted octanol–water partition coefficient (Wildman–Crippen LogP) is 0.979. The topological polar surface area (TPSA) is 4.44 Å². The van der Waals surface area contributed by atoms with Crippen molar-refractivity contribution in [2.24, 2.45) is 0 Å². The zero-order valence-corrected chi connectivity index (χ0v) is 13.4. The fourth-order valence-electron chi connectivity index (χ4n) is 3.49. The minimum atomic E-state index is 0. The van der Waals surface area contributed by atoms with E-state index in [-0.39, 0.29) is 4.70 Å². The summed E-state index contributed by atoms with van der Waals surface area (Å²) in [6.07, 6.45) is 17.5. The van der Waals surface area contributed by atoms with Gasteiger partial charge in [-0.05, 0) is 38.5 Å². The van der Waals surface area contributed by atoms with E-state index in [4.69, 9.17) is 0 Å². The number of halogens is 1. The van der Waals surface area contributed by atoms with Crippen LogP contribution in [0.25, 0.3) is 0 Å². The van der Waals surface area contributed by atoms with E-state index in [9.17, 15) is 0 Å². The Morgan fingerprint density at radius 2 is 1.53 bits per heavy atom. The molecule has 1 N–H and O–H groups in total. The van der Waals surface area contributed by atoms with Crippen molar-refractivity contribution in [2.75, 3.05) is 13.1 Å². The van der Waals surface area contributed by atoms with E-state index in [0.717, 1.165) is 6.04 Å². The van der Waals surface area contributed by atoms with Gasteiger partial charge in [-0.25, -0.2) is 0 Å². The standard InChI is InChI=1S/C17H35N.FH/c1-3-5-6-7-8-9-11-15-18-16-12-10-14-17(18)13-4-2;/h17H,3-16H2,1-2H3;1H. The summed E-state index contributed by atoms with van der Waals surface area (Å²) in [5, 5.41) is 0. The van der Waals surface area contributed by atoms with Crippen molar-refractivity contribution < 1.29 is 9.60 Å². The van der Waals surface area contributed by atoms with E-state index in [1.807, 2.05) is 4.90 Å². The second kappa shape index (κ2) is 12.9. The van der Waals surface area contributed by atoms with Crippen molar-refractivity contribution in [1.82, 2.24) is 0 Å². The molecule has 0 saturated carbocycles. The molecule has 2 heteroatoms. The molecular formula is C17H36FN. The lowest BCUT2D eigenvalue weighted by atomic mass is 9.97. The summed E-state index contributed by atoms with van der Waals surface area (Å²) in [6, 6.07) is 1.00. The van der Waals surface area contributed by atoms with E-state index in [0.29, 0.717) is 0 Å². The monoisotopic (exact) mass is 273 g/mol. The van der Waals surface area contributed by atoms with Gasteiger partial charge in [0.2, 0.25) is 0 Å². The van der Waals surface area contributed by atoms with Gasteiger partial charge in [0.25, 0.3) is 0 Å². The summed E-state index contributed by atoms with van der Waals surface area (Å²) >= 11 is 0. The summed E-state index contributed by atoms with van der Waals surface area (Å²) in [6.45, 7) is 7.56. The van der Waals surface area contributed by atoms with Gasteiger partial charge >= 0.3 is 0 Å². The predicted molar refractivity (Wildman–Crippen MR) is 81.2 cm³/mol. The van der Waals surface area contributed by atoms with Crippen LogP contribution in [0.15, 0.2) is 0 Å². The third-order valence-electron chi connectivity index (χ3n) is 4.62. The molecule has 1 fully saturated rings. The molecule has 1 saturated heterocycles. The Bertz CT molecular complexity index is 182. The summed E-state index contributed by atoms with van der Waals surface area (Å²) in [5.41, 5.74) is 0. The molecule has 1 aliphatic heterocycles. The lowest BCUT2D eigenvalue weighted by Crippen LogP contribution is -3.16. The Labute approximate surface area is 120 Å². The molecule has 0 spiro atoms. The minimum absolute atomic E-state index is 0. The van der Waals surface area contributed by atoms with Gasteiger partial charge in [-0.2, -0.15) is 0 Å². The van der Waals surface area contributed by atoms with Crippen LogP contribution in [0.5, 0.6) is 0 Å². The molecule has 0 bridgehead atoms. The maximum atomic E-state index is 2.35. The minimum Gasteiger partial charge on any atom is -1.00 e. The maximum Gasteiger partial charge on any atom is 0.0874 e. The smallest absolute Gasteiger partial charge is 0.0874 e. The highest BCUT2D eigenvalue weighted by Gasteiger charge is 2.24. The molecule has 2 atom stereocenters. The van der Waals surface area contributed by atoms with Gasteiger partial charge in [-0.3, -0.25) is 0 Å². The van der Waals surface area contributed by atoms with Gasteiger partial charge in [0.15, 0.2) is 0 Å². The number of unbranched alkanes of at least 4 members (excludes halogenated alkanes) is 6. The lowest BCUT2D eigenvalue weighted by molar-refractivity contribution is -0.931. The molecule has 1 nitrogen and oxygen atoms in total. The van der Waals surface area contributed by atoms with E-state index >= 15 is 0 Å². The molecule has 116 valence electrons. The van der Waals surface area contributed by atoms with Crippen LogP contribution >= 0.6 is 0 Å². The number of piperidine rings is 1. The number of nitrogens with one attached hydrogen (secondary N) is 1. The molecule has 0 aromatic carbocycles. The van der Waals surface area contributed by atoms with E-state index in [2.05, 4.69) is 13.8 Å². The SMILES string of the molecule is CCCCCCCCC[NH+]1CCCCC1CCC.[F-]. The first-order valence-corrected chi connectivity index (χ1v) is 8.73. The first-order chi connectivity index (χ1) is 8.88. The van der Waals surface area contributed by atoms with Crippen molar-refractivity contribution >= 4 is 0 Å². The average molecular weight is 273 g/mol. The first-order valence-electron chi connectivity index (χ1n) is 8.73. The highest BCUT2D eigenvalue weighted by atomic mass is 19.0. The van der Waals surface area contributed by atoms with E-state index < -0.39 is 0 Å². The molecule has 1 aliphatic rings. The molecular weight excluding hydrogens is 237 g/mol. The van der Waals surface area contributed by atoms with Crippen molar-refractivity contribution in [3.63, 3.8) is 0 Å². The summed E-state index contributed by atoms with van der Waals surface area (Å²) in [5.74, 6) is 0.